The molecule has 0 spiro atoms. The van der Waals surface area contributed by atoms with Crippen LogP contribution in [0.3, 0.4) is 0 Å². The zero-order chi connectivity index (χ0) is 15.2. The van der Waals surface area contributed by atoms with Crippen LogP contribution >= 0.6 is 11.3 Å². The molecule has 2 aromatic rings. The number of benzene rings is 1. The van der Waals surface area contributed by atoms with Crippen LogP contribution < -0.4 is 10.6 Å². The van der Waals surface area contributed by atoms with Gasteiger partial charge in [0, 0.05) is 11.7 Å². The average molecular weight is 302 g/mol. The molecule has 4 heteroatoms. The van der Waals surface area contributed by atoms with Crippen molar-refractivity contribution in [2.45, 2.75) is 33.2 Å². The van der Waals surface area contributed by atoms with Crippen LogP contribution in [0.1, 0.15) is 23.6 Å². The molecule has 1 heterocycles. The van der Waals surface area contributed by atoms with Gasteiger partial charge >= 0.3 is 0 Å². The third kappa shape index (κ3) is 4.69. The first-order valence-electron chi connectivity index (χ1n) is 7.17. The van der Waals surface area contributed by atoms with Crippen molar-refractivity contribution >= 4 is 22.9 Å². The van der Waals surface area contributed by atoms with Crippen molar-refractivity contribution < 1.29 is 4.79 Å². The fourth-order valence-electron chi connectivity index (χ4n) is 2.30. The second-order valence-corrected chi connectivity index (χ2v) is 6.21. The van der Waals surface area contributed by atoms with Gasteiger partial charge in [0.05, 0.1) is 6.54 Å². The molecule has 0 aliphatic rings. The molecule has 3 nitrogen and oxygen atoms in total. The quantitative estimate of drug-likeness (QED) is 0.857. The number of nitrogens with one attached hydrogen (secondary N) is 2. The highest BCUT2D eigenvalue weighted by Gasteiger charge is 2.09. The molecule has 21 heavy (non-hydrogen) atoms. The Balaban J connectivity index is 1.82. The summed E-state index contributed by atoms with van der Waals surface area (Å²) in [7, 11) is 0. The van der Waals surface area contributed by atoms with Crippen LogP contribution in [0.5, 0.6) is 0 Å². The Kier molecular flexibility index (Phi) is 5.53. The highest BCUT2D eigenvalue weighted by atomic mass is 32.1. The number of carbonyl (C=O) groups is 1. The van der Waals surface area contributed by atoms with E-state index in [-0.39, 0.29) is 11.9 Å². The predicted octanol–water partition coefficient (Wildman–Crippen LogP) is 3.52. The zero-order valence-electron chi connectivity index (χ0n) is 12.8. The molecule has 0 aliphatic heterocycles. The SMILES string of the molecule is Cc1cccc(C)c1NC(=O)CNC(C)Cc1ccsc1. The van der Waals surface area contributed by atoms with E-state index in [1.807, 2.05) is 32.0 Å². The number of hydrogen-bond donors (Lipinski definition) is 2. The Morgan fingerprint density at radius 3 is 2.57 bits per heavy atom. The lowest BCUT2D eigenvalue weighted by Gasteiger charge is -2.15. The lowest BCUT2D eigenvalue weighted by molar-refractivity contribution is -0.115. The normalized spacial score (nSPS) is 12.1. The fraction of sp³-hybridized carbons (Fsp3) is 0.353. The van der Waals surface area contributed by atoms with Crippen molar-refractivity contribution in [2.24, 2.45) is 0 Å². The van der Waals surface area contributed by atoms with E-state index in [4.69, 9.17) is 0 Å². The monoisotopic (exact) mass is 302 g/mol. The van der Waals surface area contributed by atoms with Gasteiger partial charge in [-0.3, -0.25) is 4.79 Å². The standard InChI is InChI=1S/C17H22N2OS/c1-12-5-4-6-13(2)17(12)19-16(20)10-18-14(3)9-15-7-8-21-11-15/h4-8,11,14,18H,9-10H2,1-3H3,(H,19,20). The van der Waals surface area contributed by atoms with Crippen LogP contribution in [0.15, 0.2) is 35.0 Å². The van der Waals surface area contributed by atoms with Crippen molar-refractivity contribution in [1.82, 2.24) is 5.32 Å². The Bertz CT molecular complexity index is 573. The minimum Gasteiger partial charge on any atom is -0.324 e. The summed E-state index contributed by atoms with van der Waals surface area (Å²) in [5.41, 5.74) is 4.43. The molecule has 0 saturated carbocycles. The van der Waals surface area contributed by atoms with Crippen molar-refractivity contribution in [3.8, 4) is 0 Å². The number of thiophene rings is 1. The number of aryl methyl sites for hydroxylation is 2. The van der Waals surface area contributed by atoms with Crippen LogP contribution in [-0.2, 0) is 11.2 Å². The molecule has 0 aliphatic carbocycles. The van der Waals surface area contributed by atoms with Crippen LogP contribution in [0.2, 0.25) is 0 Å². The molecule has 1 unspecified atom stereocenters. The number of rotatable bonds is 6. The fourth-order valence-corrected chi connectivity index (χ4v) is 2.98. The Hall–Kier alpha value is -1.65. The number of hydrogen-bond acceptors (Lipinski definition) is 3. The van der Waals surface area contributed by atoms with Crippen LogP contribution in [0.4, 0.5) is 5.69 Å². The number of para-hydroxylation sites is 1. The van der Waals surface area contributed by atoms with Crippen LogP contribution in [0, 0.1) is 13.8 Å². The number of carbonyl (C=O) groups excluding carboxylic acids is 1. The summed E-state index contributed by atoms with van der Waals surface area (Å²) in [5.74, 6) is 0.00423. The van der Waals surface area contributed by atoms with Gasteiger partial charge in [0.2, 0.25) is 5.91 Å². The first-order valence-corrected chi connectivity index (χ1v) is 8.11. The summed E-state index contributed by atoms with van der Waals surface area (Å²) in [6, 6.07) is 8.43. The van der Waals surface area contributed by atoms with E-state index in [1.165, 1.54) is 5.56 Å². The molecule has 2 rings (SSSR count). The summed E-state index contributed by atoms with van der Waals surface area (Å²) in [5, 5.41) is 10.5. The molecule has 112 valence electrons. The second-order valence-electron chi connectivity index (χ2n) is 5.43. The maximum Gasteiger partial charge on any atom is 0.238 e. The topological polar surface area (TPSA) is 41.1 Å². The van der Waals surface area contributed by atoms with Gasteiger partial charge in [-0.05, 0) is 60.7 Å². The molecule has 0 fully saturated rings. The summed E-state index contributed by atoms with van der Waals surface area (Å²) >= 11 is 1.70. The third-order valence-electron chi connectivity index (χ3n) is 3.48. The first-order chi connectivity index (χ1) is 10.1. The van der Waals surface area contributed by atoms with Crippen molar-refractivity contribution in [3.63, 3.8) is 0 Å². The van der Waals surface area contributed by atoms with Crippen molar-refractivity contribution in [1.29, 1.82) is 0 Å². The first kappa shape index (κ1) is 15.7. The molecular weight excluding hydrogens is 280 g/mol. The van der Waals surface area contributed by atoms with Gasteiger partial charge in [-0.2, -0.15) is 11.3 Å². The molecule has 0 radical (unpaired) electrons. The molecular formula is C17H22N2OS. The minimum atomic E-state index is 0.00423. The average Bonchev–Trinajstić information content (AvgIpc) is 2.94. The number of amides is 1. The lowest BCUT2D eigenvalue weighted by Crippen LogP contribution is -2.35. The van der Waals surface area contributed by atoms with Crippen molar-refractivity contribution in [3.05, 3.63) is 51.7 Å². The molecule has 1 atom stereocenters. The van der Waals surface area contributed by atoms with Gasteiger partial charge in [0.1, 0.15) is 0 Å². The van der Waals surface area contributed by atoms with Gasteiger partial charge in [0.15, 0.2) is 0 Å². The maximum absolute atomic E-state index is 12.1. The summed E-state index contributed by atoms with van der Waals surface area (Å²) < 4.78 is 0. The highest BCUT2D eigenvalue weighted by Crippen LogP contribution is 2.19. The van der Waals surface area contributed by atoms with E-state index in [9.17, 15) is 4.79 Å². The van der Waals surface area contributed by atoms with Gasteiger partial charge < -0.3 is 10.6 Å². The molecule has 1 amide bonds. The van der Waals surface area contributed by atoms with E-state index in [0.717, 1.165) is 23.2 Å². The van der Waals surface area contributed by atoms with Crippen molar-refractivity contribution in [2.75, 3.05) is 11.9 Å². The lowest BCUT2D eigenvalue weighted by atomic mass is 10.1. The summed E-state index contributed by atoms with van der Waals surface area (Å²) in [4.78, 5) is 12.1. The van der Waals surface area contributed by atoms with E-state index < -0.39 is 0 Å². The summed E-state index contributed by atoms with van der Waals surface area (Å²) in [6.07, 6.45) is 0.945. The van der Waals surface area contributed by atoms with Crippen LogP contribution in [-0.4, -0.2) is 18.5 Å². The third-order valence-corrected chi connectivity index (χ3v) is 4.21. The van der Waals surface area contributed by atoms with E-state index in [0.29, 0.717) is 6.54 Å². The van der Waals surface area contributed by atoms with Gasteiger partial charge in [-0.25, -0.2) is 0 Å². The zero-order valence-corrected chi connectivity index (χ0v) is 13.6. The minimum absolute atomic E-state index is 0.00423. The smallest absolute Gasteiger partial charge is 0.238 e. The Morgan fingerprint density at radius 2 is 1.95 bits per heavy atom. The molecule has 0 saturated heterocycles. The molecule has 1 aromatic carbocycles. The van der Waals surface area contributed by atoms with Gasteiger partial charge in [0.25, 0.3) is 0 Å². The Labute approximate surface area is 130 Å². The molecule has 2 N–H and O–H groups in total. The van der Waals surface area contributed by atoms with Gasteiger partial charge in [-0.1, -0.05) is 18.2 Å². The molecule has 1 aromatic heterocycles. The Morgan fingerprint density at radius 1 is 1.24 bits per heavy atom. The number of anilines is 1. The second kappa shape index (κ2) is 7.38. The molecule has 0 bridgehead atoms. The van der Waals surface area contributed by atoms with E-state index >= 15 is 0 Å². The largest absolute Gasteiger partial charge is 0.324 e. The maximum atomic E-state index is 12.1. The van der Waals surface area contributed by atoms with E-state index in [1.54, 1.807) is 11.3 Å². The van der Waals surface area contributed by atoms with E-state index in [2.05, 4.69) is 34.4 Å². The highest BCUT2D eigenvalue weighted by molar-refractivity contribution is 7.07. The van der Waals surface area contributed by atoms with Gasteiger partial charge in [-0.15, -0.1) is 0 Å². The van der Waals surface area contributed by atoms with Crippen LogP contribution in [0.25, 0.3) is 0 Å². The summed E-state index contributed by atoms with van der Waals surface area (Å²) in [6.45, 7) is 6.45. The predicted molar refractivity (Wildman–Crippen MR) is 90.0 cm³/mol.